The van der Waals surface area contributed by atoms with Gasteiger partial charge in [-0.15, -0.1) is 5.10 Å². The summed E-state index contributed by atoms with van der Waals surface area (Å²) in [5, 5.41) is 8.35. The van der Waals surface area contributed by atoms with Gasteiger partial charge in [-0.25, -0.2) is 0 Å². The van der Waals surface area contributed by atoms with Gasteiger partial charge in [0.2, 0.25) is 0 Å². The van der Waals surface area contributed by atoms with Gasteiger partial charge < -0.3 is 4.90 Å². The fourth-order valence-corrected chi connectivity index (χ4v) is 2.04. The van der Waals surface area contributed by atoms with E-state index >= 15 is 0 Å². The Labute approximate surface area is 131 Å². The Bertz CT molecular complexity index is 751. The van der Waals surface area contributed by atoms with Gasteiger partial charge in [-0.1, -0.05) is 30.5 Å². The SMILES string of the molecule is C=CN(C)CC(=C)/C(C)=C/C(=NC)n1nnc2ccccc21. The van der Waals surface area contributed by atoms with E-state index in [0.717, 1.165) is 34.6 Å². The standard InChI is InChI=1S/C17H21N5/c1-6-21(5)12-14(3)13(2)11-17(18-4)22-16-10-8-7-9-15(16)19-20-22/h6-11H,1,3,12H2,2,4-5H3/b13-11+,18-17?. The van der Waals surface area contributed by atoms with Crippen molar-refractivity contribution in [3.63, 3.8) is 0 Å². The van der Waals surface area contributed by atoms with Crippen LogP contribution in [0.4, 0.5) is 0 Å². The molecule has 22 heavy (non-hydrogen) atoms. The summed E-state index contributed by atoms with van der Waals surface area (Å²) in [6, 6.07) is 7.81. The first-order valence-electron chi connectivity index (χ1n) is 7.03. The van der Waals surface area contributed by atoms with Crippen molar-refractivity contribution in [2.45, 2.75) is 6.92 Å². The highest BCUT2D eigenvalue weighted by Gasteiger charge is 2.08. The number of para-hydroxylation sites is 1. The molecule has 0 aliphatic heterocycles. The van der Waals surface area contributed by atoms with Crippen LogP contribution in [0.2, 0.25) is 0 Å². The highest BCUT2D eigenvalue weighted by molar-refractivity contribution is 6.00. The lowest BCUT2D eigenvalue weighted by molar-refractivity contribution is 0.501. The minimum absolute atomic E-state index is 0.723. The van der Waals surface area contributed by atoms with Crippen LogP contribution >= 0.6 is 0 Å². The van der Waals surface area contributed by atoms with Crippen molar-refractivity contribution in [1.29, 1.82) is 0 Å². The molecule has 0 radical (unpaired) electrons. The Kier molecular flexibility index (Phi) is 4.88. The zero-order chi connectivity index (χ0) is 16.1. The second-order valence-corrected chi connectivity index (χ2v) is 5.10. The molecular weight excluding hydrogens is 274 g/mol. The predicted molar refractivity (Wildman–Crippen MR) is 92.0 cm³/mol. The molecule has 0 spiro atoms. The number of hydrogen-bond donors (Lipinski definition) is 0. The van der Waals surface area contributed by atoms with E-state index in [4.69, 9.17) is 0 Å². The third kappa shape index (κ3) is 3.31. The molecule has 2 aromatic rings. The van der Waals surface area contributed by atoms with Crippen molar-refractivity contribution in [3.8, 4) is 0 Å². The van der Waals surface area contributed by atoms with Crippen molar-refractivity contribution in [1.82, 2.24) is 19.9 Å². The van der Waals surface area contributed by atoms with Gasteiger partial charge in [0.05, 0.1) is 5.52 Å². The number of aromatic nitrogens is 3. The Morgan fingerprint density at radius 1 is 1.41 bits per heavy atom. The molecule has 0 unspecified atom stereocenters. The van der Waals surface area contributed by atoms with Crippen LogP contribution in [0.1, 0.15) is 6.92 Å². The van der Waals surface area contributed by atoms with E-state index in [1.54, 1.807) is 17.9 Å². The summed E-state index contributed by atoms with van der Waals surface area (Å²) in [4.78, 5) is 6.31. The maximum Gasteiger partial charge on any atom is 0.151 e. The zero-order valence-corrected chi connectivity index (χ0v) is 13.3. The third-order valence-corrected chi connectivity index (χ3v) is 3.45. The first-order valence-corrected chi connectivity index (χ1v) is 7.03. The summed E-state index contributed by atoms with van der Waals surface area (Å²) in [6.07, 6.45) is 3.75. The van der Waals surface area contributed by atoms with Crippen LogP contribution < -0.4 is 0 Å². The number of likely N-dealkylation sites (N-methyl/N-ethyl adjacent to an activating group) is 1. The number of fused-ring (bicyclic) bond motifs is 1. The fraction of sp³-hybridized carbons (Fsp3) is 0.235. The summed E-state index contributed by atoms with van der Waals surface area (Å²) >= 11 is 0. The van der Waals surface area contributed by atoms with Crippen molar-refractivity contribution < 1.29 is 0 Å². The molecule has 0 bridgehead atoms. The summed E-state index contributed by atoms with van der Waals surface area (Å²) in [5.74, 6) is 0.730. The van der Waals surface area contributed by atoms with Crippen LogP contribution in [0.3, 0.4) is 0 Å². The maximum absolute atomic E-state index is 4.33. The van der Waals surface area contributed by atoms with Gasteiger partial charge in [0.15, 0.2) is 5.84 Å². The van der Waals surface area contributed by atoms with Crippen LogP contribution in [0.5, 0.6) is 0 Å². The van der Waals surface area contributed by atoms with E-state index in [1.165, 1.54) is 0 Å². The quantitative estimate of drug-likeness (QED) is 0.484. The molecule has 114 valence electrons. The molecule has 5 heteroatoms. The third-order valence-electron chi connectivity index (χ3n) is 3.45. The largest absolute Gasteiger partial charge is 0.377 e. The van der Waals surface area contributed by atoms with Crippen LogP contribution in [-0.4, -0.2) is 46.4 Å². The van der Waals surface area contributed by atoms with Crippen molar-refractivity contribution >= 4 is 16.9 Å². The lowest BCUT2D eigenvalue weighted by Crippen LogP contribution is -2.16. The number of allylic oxidation sites excluding steroid dienone is 1. The van der Waals surface area contributed by atoms with Gasteiger partial charge in [0, 0.05) is 20.6 Å². The van der Waals surface area contributed by atoms with E-state index < -0.39 is 0 Å². The topological polar surface area (TPSA) is 46.3 Å². The van der Waals surface area contributed by atoms with E-state index in [2.05, 4.69) is 28.5 Å². The van der Waals surface area contributed by atoms with Crippen molar-refractivity contribution in [2.75, 3.05) is 20.6 Å². The molecule has 0 fully saturated rings. The van der Waals surface area contributed by atoms with Crippen LogP contribution in [0.15, 0.2) is 65.8 Å². The average Bonchev–Trinajstić information content (AvgIpc) is 2.96. The maximum atomic E-state index is 4.33. The molecule has 0 saturated carbocycles. The van der Waals surface area contributed by atoms with Gasteiger partial charge in [-0.2, -0.15) is 4.68 Å². The molecule has 0 aliphatic rings. The predicted octanol–water partition coefficient (Wildman–Crippen LogP) is 2.89. The molecule has 0 amide bonds. The van der Waals surface area contributed by atoms with E-state index in [1.807, 2.05) is 49.2 Å². The van der Waals surface area contributed by atoms with E-state index in [-0.39, 0.29) is 0 Å². The molecule has 0 aliphatic carbocycles. The monoisotopic (exact) mass is 295 g/mol. The second-order valence-electron chi connectivity index (χ2n) is 5.10. The molecule has 0 saturated heterocycles. The highest BCUT2D eigenvalue weighted by Crippen LogP contribution is 2.13. The minimum Gasteiger partial charge on any atom is -0.377 e. The summed E-state index contributed by atoms with van der Waals surface area (Å²) in [7, 11) is 3.71. The summed E-state index contributed by atoms with van der Waals surface area (Å²) in [6.45, 7) is 10.6. The number of nitrogens with zero attached hydrogens (tertiary/aromatic N) is 5. The van der Waals surface area contributed by atoms with E-state index in [0.29, 0.717) is 0 Å². The van der Waals surface area contributed by atoms with Gasteiger partial charge in [-0.05, 0) is 42.5 Å². The number of hydrogen-bond acceptors (Lipinski definition) is 4. The molecule has 1 heterocycles. The smallest absolute Gasteiger partial charge is 0.151 e. The molecule has 2 rings (SSSR count). The zero-order valence-electron chi connectivity index (χ0n) is 13.3. The number of rotatable bonds is 5. The van der Waals surface area contributed by atoms with Gasteiger partial charge in [-0.3, -0.25) is 4.99 Å². The molecule has 0 atom stereocenters. The highest BCUT2D eigenvalue weighted by atomic mass is 15.4. The first kappa shape index (κ1) is 15.7. The Balaban J connectivity index is 2.31. The fourth-order valence-electron chi connectivity index (χ4n) is 2.04. The average molecular weight is 295 g/mol. The van der Waals surface area contributed by atoms with Crippen LogP contribution in [0, 0.1) is 0 Å². The molecular formula is C17H21N5. The van der Waals surface area contributed by atoms with Gasteiger partial charge in [0.1, 0.15) is 5.52 Å². The summed E-state index contributed by atoms with van der Waals surface area (Å²) < 4.78 is 1.74. The summed E-state index contributed by atoms with van der Waals surface area (Å²) in [5.41, 5.74) is 3.84. The molecule has 1 aromatic heterocycles. The lowest BCUT2D eigenvalue weighted by Gasteiger charge is -2.15. The Hall–Kier alpha value is -2.69. The van der Waals surface area contributed by atoms with Crippen molar-refractivity contribution in [3.05, 3.63) is 60.8 Å². The van der Waals surface area contributed by atoms with Gasteiger partial charge >= 0.3 is 0 Å². The van der Waals surface area contributed by atoms with Crippen molar-refractivity contribution in [2.24, 2.45) is 4.99 Å². The first-order chi connectivity index (χ1) is 10.6. The Morgan fingerprint density at radius 2 is 2.14 bits per heavy atom. The lowest BCUT2D eigenvalue weighted by atomic mass is 10.1. The molecule has 1 aromatic carbocycles. The minimum atomic E-state index is 0.723. The van der Waals surface area contributed by atoms with E-state index in [9.17, 15) is 0 Å². The van der Waals surface area contributed by atoms with Crippen LogP contribution in [0.25, 0.3) is 11.0 Å². The number of aliphatic imine (C=N–C) groups is 1. The molecule has 0 N–H and O–H groups in total. The molecule has 5 nitrogen and oxygen atoms in total. The second kappa shape index (κ2) is 6.85. The Morgan fingerprint density at radius 3 is 2.82 bits per heavy atom. The van der Waals surface area contributed by atoms with Gasteiger partial charge in [0.25, 0.3) is 0 Å². The number of benzene rings is 1. The normalized spacial score (nSPS) is 12.5. The van der Waals surface area contributed by atoms with Crippen LogP contribution in [-0.2, 0) is 0 Å².